The molecule has 21 heavy (non-hydrogen) atoms. The summed E-state index contributed by atoms with van der Waals surface area (Å²) in [6.45, 7) is 1.88. The molecule has 0 spiro atoms. The molecule has 0 aliphatic carbocycles. The number of sulfonamides is 1. The fraction of sp³-hybridized carbons (Fsp3) is 0.0714. The van der Waals surface area contributed by atoms with Crippen molar-refractivity contribution in [2.45, 2.75) is 11.8 Å². The molecule has 2 aromatic rings. The summed E-state index contributed by atoms with van der Waals surface area (Å²) in [6, 6.07) is 11.3. The van der Waals surface area contributed by atoms with Crippen LogP contribution in [0.15, 0.2) is 52.5 Å². The molecule has 0 radical (unpaired) electrons. The van der Waals surface area contributed by atoms with Crippen LogP contribution in [0.1, 0.15) is 11.1 Å². The van der Waals surface area contributed by atoms with Crippen molar-refractivity contribution in [1.29, 1.82) is 0 Å². The van der Waals surface area contributed by atoms with E-state index in [1.807, 2.05) is 6.92 Å². The van der Waals surface area contributed by atoms with Crippen molar-refractivity contribution < 1.29 is 8.42 Å². The number of hydrogen-bond acceptors (Lipinski definition) is 3. The molecule has 2 aromatic carbocycles. The van der Waals surface area contributed by atoms with Gasteiger partial charge in [-0.05, 0) is 42.8 Å². The van der Waals surface area contributed by atoms with E-state index in [1.54, 1.807) is 30.3 Å². The van der Waals surface area contributed by atoms with Crippen LogP contribution >= 0.6 is 23.2 Å². The van der Waals surface area contributed by atoms with Crippen molar-refractivity contribution >= 4 is 39.4 Å². The minimum atomic E-state index is -3.68. The number of nitrogens with one attached hydrogen (secondary N) is 1. The maximum Gasteiger partial charge on any atom is 0.276 e. The van der Waals surface area contributed by atoms with Crippen molar-refractivity contribution in [2.24, 2.45) is 5.10 Å². The van der Waals surface area contributed by atoms with E-state index >= 15 is 0 Å². The predicted molar refractivity (Wildman–Crippen MR) is 85.6 cm³/mol. The van der Waals surface area contributed by atoms with Crippen LogP contribution in [-0.4, -0.2) is 14.6 Å². The summed E-state index contributed by atoms with van der Waals surface area (Å²) in [5.41, 5.74) is 1.57. The summed E-state index contributed by atoms with van der Waals surface area (Å²) in [5.74, 6) is 0. The van der Waals surface area contributed by atoms with Crippen LogP contribution in [0.25, 0.3) is 0 Å². The smallest absolute Gasteiger partial charge is 0.200 e. The summed E-state index contributed by atoms with van der Waals surface area (Å²) >= 11 is 11.7. The largest absolute Gasteiger partial charge is 0.276 e. The molecule has 0 bridgehead atoms. The van der Waals surface area contributed by atoms with E-state index in [0.717, 1.165) is 5.56 Å². The van der Waals surface area contributed by atoms with Gasteiger partial charge in [0.1, 0.15) is 0 Å². The number of benzene rings is 2. The Hall–Kier alpha value is -1.56. The first-order chi connectivity index (χ1) is 9.87. The second kappa shape index (κ2) is 6.47. The predicted octanol–water partition coefficient (Wildman–Crippen LogP) is 3.61. The van der Waals surface area contributed by atoms with Crippen LogP contribution in [0.5, 0.6) is 0 Å². The van der Waals surface area contributed by atoms with Gasteiger partial charge in [-0.1, -0.05) is 40.9 Å². The average molecular weight is 343 g/mol. The Labute approximate surface area is 133 Å². The summed E-state index contributed by atoms with van der Waals surface area (Å²) in [5, 5.41) is 4.61. The Kier molecular flexibility index (Phi) is 4.88. The van der Waals surface area contributed by atoms with Crippen LogP contribution in [-0.2, 0) is 10.0 Å². The van der Waals surface area contributed by atoms with Crippen molar-refractivity contribution in [3.63, 3.8) is 0 Å². The number of hydrogen-bond donors (Lipinski definition) is 1. The highest BCUT2D eigenvalue weighted by atomic mass is 35.5. The lowest BCUT2D eigenvalue weighted by molar-refractivity contribution is 0.584. The van der Waals surface area contributed by atoms with Crippen molar-refractivity contribution in [3.05, 3.63) is 63.6 Å². The van der Waals surface area contributed by atoms with E-state index in [-0.39, 0.29) is 4.90 Å². The number of nitrogens with zero attached hydrogens (tertiary/aromatic N) is 1. The third-order valence-corrected chi connectivity index (χ3v) is 4.28. The van der Waals surface area contributed by atoms with Crippen molar-refractivity contribution in [2.75, 3.05) is 0 Å². The SMILES string of the molecule is Cc1ccc(S(=O)(=O)N/N=C/c2cc(Cl)cc(Cl)c2)cc1. The Morgan fingerprint density at radius 1 is 1.05 bits per heavy atom. The Balaban J connectivity index is 2.14. The van der Waals surface area contributed by atoms with Gasteiger partial charge in [-0.2, -0.15) is 13.5 Å². The summed E-state index contributed by atoms with van der Waals surface area (Å²) in [7, 11) is -3.68. The van der Waals surface area contributed by atoms with Crippen LogP contribution in [0.4, 0.5) is 0 Å². The molecular formula is C14H12Cl2N2O2S. The van der Waals surface area contributed by atoms with E-state index < -0.39 is 10.0 Å². The van der Waals surface area contributed by atoms with Crippen LogP contribution in [0.2, 0.25) is 10.0 Å². The van der Waals surface area contributed by atoms with Gasteiger partial charge in [-0.25, -0.2) is 4.83 Å². The molecule has 0 saturated heterocycles. The van der Waals surface area contributed by atoms with Crippen LogP contribution < -0.4 is 4.83 Å². The van der Waals surface area contributed by atoms with Gasteiger partial charge >= 0.3 is 0 Å². The zero-order valence-electron chi connectivity index (χ0n) is 11.0. The maximum atomic E-state index is 12.0. The van der Waals surface area contributed by atoms with Crippen molar-refractivity contribution in [3.8, 4) is 0 Å². The number of rotatable bonds is 4. The lowest BCUT2D eigenvalue weighted by atomic mass is 10.2. The normalized spacial score (nSPS) is 11.8. The van der Waals surface area contributed by atoms with E-state index in [2.05, 4.69) is 9.93 Å². The van der Waals surface area contributed by atoms with Gasteiger partial charge in [0.15, 0.2) is 0 Å². The fourth-order valence-electron chi connectivity index (χ4n) is 1.59. The van der Waals surface area contributed by atoms with Gasteiger partial charge in [-0.15, -0.1) is 0 Å². The van der Waals surface area contributed by atoms with E-state index in [9.17, 15) is 8.42 Å². The van der Waals surface area contributed by atoms with Gasteiger partial charge in [0, 0.05) is 10.0 Å². The Morgan fingerprint density at radius 2 is 1.62 bits per heavy atom. The van der Waals surface area contributed by atoms with Gasteiger partial charge < -0.3 is 0 Å². The molecule has 4 nitrogen and oxygen atoms in total. The molecule has 0 atom stereocenters. The molecule has 0 unspecified atom stereocenters. The fourth-order valence-corrected chi connectivity index (χ4v) is 2.92. The lowest BCUT2D eigenvalue weighted by Crippen LogP contribution is -2.18. The van der Waals surface area contributed by atoms with Gasteiger partial charge in [-0.3, -0.25) is 0 Å². The molecule has 1 N–H and O–H groups in total. The van der Waals surface area contributed by atoms with Crippen LogP contribution in [0.3, 0.4) is 0 Å². The quantitative estimate of drug-likeness (QED) is 0.681. The highest BCUT2D eigenvalue weighted by Gasteiger charge is 2.11. The Bertz CT molecular complexity index is 752. The number of halogens is 2. The molecule has 0 amide bonds. The van der Waals surface area contributed by atoms with Crippen molar-refractivity contribution in [1.82, 2.24) is 4.83 Å². The first-order valence-corrected chi connectivity index (χ1v) is 8.18. The average Bonchev–Trinajstić information content (AvgIpc) is 2.37. The molecule has 0 aliphatic rings. The zero-order valence-corrected chi connectivity index (χ0v) is 13.4. The third kappa shape index (κ3) is 4.46. The molecule has 0 saturated carbocycles. The highest BCUT2D eigenvalue weighted by Crippen LogP contribution is 2.18. The second-order valence-corrected chi connectivity index (χ2v) is 6.90. The minimum Gasteiger partial charge on any atom is -0.200 e. The molecule has 0 fully saturated rings. The lowest BCUT2D eigenvalue weighted by Gasteiger charge is -2.03. The standard InChI is InChI=1S/C14H12Cl2N2O2S/c1-10-2-4-14(5-3-10)21(19,20)18-17-9-11-6-12(15)8-13(16)7-11/h2-9,18H,1H3/b17-9+. The molecule has 0 aromatic heterocycles. The van der Waals surface area contributed by atoms with Gasteiger partial charge in [0.2, 0.25) is 0 Å². The second-order valence-electron chi connectivity index (χ2n) is 4.37. The molecule has 110 valence electrons. The van der Waals surface area contributed by atoms with E-state index in [1.165, 1.54) is 18.3 Å². The summed E-state index contributed by atoms with van der Waals surface area (Å²) in [6.07, 6.45) is 1.34. The first kappa shape index (κ1) is 15.8. The van der Waals surface area contributed by atoms with E-state index in [0.29, 0.717) is 15.6 Å². The summed E-state index contributed by atoms with van der Waals surface area (Å²) < 4.78 is 24.0. The monoisotopic (exact) mass is 342 g/mol. The Morgan fingerprint density at radius 3 is 2.19 bits per heavy atom. The molecular weight excluding hydrogens is 331 g/mol. The molecule has 0 heterocycles. The van der Waals surface area contributed by atoms with E-state index in [4.69, 9.17) is 23.2 Å². The topological polar surface area (TPSA) is 58.5 Å². The molecule has 0 aliphatic heterocycles. The minimum absolute atomic E-state index is 0.148. The molecule has 7 heteroatoms. The third-order valence-electron chi connectivity index (χ3n) is 2.60. The highest BCUT2D eigenvalue weighted by molar-refractivity contribution is 7.89. The van der Waals surface area contributed by atoms with Crippen LogP contribution in [0, 0.1) is 6.92 Å². The van der Waals surface area contributed by atoms with Gasteiger partial charge in [0.25, 0.3) is 10.0 Å². The summed E-state index contributed by atoms with van der Waals surface area (Å²) in [4.78, 5) is 2.29. The zero-order chi connectivity index (χ0) is 15.5. The maximum absolute atomic E-state index is 12.0. The van der Waals surface area contributed by atoms with Gasteiger partial charge in [0.05, 0.1) is 11.1 Å². The number of hydrazone groups is 1. The first-order valence-electron chi connectivity index (χ1n) is 5.94. The number of aryl methyl sites for hydroxylation is 1. The molecule has 2 rings (SSSR count).